The number of rotatable bonds is 1. The van der Waals surface area contributed by atoms with Crippen LogP contribution in [0.3, 0.4) is 0 Å². The van der Waals surface area contributed by atoms with E-state index in [-0.39, 0.29) is 0 Å². The van der Waals surface area contributed by atoms with Gasteiger partial charge in [-0.2, -0.15) is 4.99 Å². The van der Waals surface area contributed by atoms with Gasteiger partial charge in [0.05, 0.1) is 6.72 Å². The summed E-state index contributed by atoms with van der Waals surface area (Å²) in [5.41, 5.74) is 0. The van der Waals surface area contributed by atoms with Crippen molar-refractivity contribution in [1.82, 2.24) is 4.67 Å². The van der Waals surface area contributed by atoms with Crippen molar-refractivity contribution in [1.29, 1.82) is 0 Å². The molecule has 0 aliphatic rings. The van der Waals surface area contributed by atoms with E-state index in [1.807, 2.05) is 0 Å². The second-order valence-corrected chi connectivity index (χ2v) is 0.416. The lowest BCUT2D eigenvalue weighted by Gasteiger charge is -1.43. The van der Waals surface area contributed by atoms with Crippen molar-refractivity contribution in [3.63, 3.8) is 0 Å². The molecule has 0 aliphatic heterocycles. The molecular formula is C3H4N2. The number of nitrogens with zero attached hydrogens (tertiary/aromatic N) is 2. The van der Waals surface area contributed by atoms with Crippen molar-refractivity contribution in [2.75, 3.05) is 0 Å². The van der Waals surface area contributed by atoms with Crippen LogP contribution >= 0.6 is 0 Å². The van der Waals surface area contributed by atoms with Gasteiger partial charge in [-0.1, -0.05) is 0 Å². The highest BCUT2D eigenvalue weighted by Gasteiger charge is 1.47. The predicted molar refractivity (Wildman–Crippen MR) is 23.8 cm³/mol. The Hall–Kier alpha value is -0.880. The molecule has 0 N–H and O–H groups in total. The molecule has 0 rings (SSSR count). The van der Waals surface area contributed by atoms with Crippen LogP contribution in [-0.2, 0) is 0 Å². The average Bonchev–Trinajstić information content (AvgIpc) is 1.41. The first-order valence-electron chi connectivity index (χ1n) is 1.08. The van der Waals surface area contributed by atoms with Gasteiger partial charge in [-0.15, -0.1) is 0 Å². The summed E-state index contributed by atoms with van der Waals surface area (Å²) in [6.45, 7) is 6.11. The fourth-order valence-electron chi connectivity index (χ4n) is 0.0500. The lowest BCUT2D eigenvalue weighted by molar-refractivity contribution is 1.68. The van der Waals surface area contributed by atoms with Crippen LogP contribution in [0.5, 0.6) is 0 Å². The summed E-state index contributed by atoms with van der Waals surface area (Å²) in [6, 6.07) is 0. The molecule has 0 atom stereocenters. The number of hydrogen-bond donors (Lipinski definition) is 0. The van der Waals surface area contributed by atoms with Crippen LogP contribution in [0.25, 0.3) is 0 Å². The maximum Gasteiger partial charge on any atom is 0.353 e. The van der Waals surface area contributed by atoms with Crippen molar-refractivity contribution >= 4 is 19.8 Å². The molecule has 0 saturated heterocycles. The molecule has 26 valence electrons. The molecule has 0 fully saturated rings. The standard InChI is InChI=1S/C3H4N2/c1-4-3-5-2/h1-2H2. The summed E-state index contributed by atoms with van der Waals surface area (Å²) in [6.07, 6.45) is 2.14. The van der Waals surface area contributed by atoms with Crippen LogP contribution in [-0.4, -0.2) is 19.8 Å². The maximum absolute atomic E-state index is 3.12. The van der Waals surface area contributed by atoms with Crippen LogP contribution in [0.2, 0.25) is 0 Å². The Morgan fingerprint density at radius 2 is 2.40 bits per heavy atom. The van der Waals surface area contributed by atoms with E-state index in [9.17, 15) is 0 Å². The van der Waals surface area contributed by atoms with E-state index in [1.165, 1.54) is 0 Å². The quantitative estimate of drug-likeness (QED) is 0.169. The molecule has 0 aromatic rings. The fourth-order valence-corrected chi connectivity index (χ4v) is 0.0500. The summed E-state index contributed by atoms with van der Waals surface area (Å²) in [5, 5.41) is 0. The van der Waals surface area contributed by atoms with Gasteiger partial charge in [0.2, 0.25) is 0 Å². The molecule has 2 nitrogen and oxygen atoms in total. The molecule has 0 amide bonds. The smallest absolute Gasteiger partial charge is 0.343 e. The summed E-state index contributed by atoms with van der Waals surface area (Å²) >= 11 is 0. The molecular weight excluding hydrogens is 64.0 g/mol. The van der Waals surface area contributed by atoms with Crippen LogP contribution in [0, 0.1) is 0 Å². The first kappa shape index (κ1) is 4.12. The minimum atomic E-state index is 2.14. The largest absolute Gasteiger partial charge is 0.353 e. The predicted octanol–water partition coefficient (Wildman–Crippen LogP) is -0.640. The molecule has 0 bridgehead atoms. The highest BCUT2D eigenvalue weighted by atomic mass is 14.7. The van der Waals surface area contributed by atoms with Crippen molar-refractivity contribution in [2.24, 2.45) is 4.99 Å². The maximum atomic E-state index is 3.12. The summed E-state index contributed by atoms with van der Waals surface area (Å²) < 4.78 is 3.12. The molecule has 0 unspecified atom stereocenters. The zero-order valence-corrected chi connectivity index (χ0v) is 2.81. The molecule has 0 saturated carbocycles. The lowest BCUT2D eigenvalue weighted by atomic mass is 11.3. The van der Waals surface area contributed by atoms with Crippen molar-refractivity contribution in [3.05, 3.63) is 0 Å². The molecule has 0 aromatic heterocycles. The summed E-state index contributed by atoms with van der Waals surface area (Å²) in [7, 11) is 0. The Morgan fingerprint density at radius 3 is 2.40 bits per heavy atom. The van der Waals surface area contributed by atoms with E-state index < -0.39 is 0 Å². The van der Waals surface area contributed by atoms with Crippen molar-refractivity contribution < 1.29 is 0 Å². The fraction of sp³-hybridized carbons (Fsp3) is 0. The lowest BCUT2D eigenvalue weighted by Crippen LogP contribution is -1.62. The first-order chi connectivity index (χ1) is 2.41. The zero-order valence-electron chi connectivity index (χ0n) is 2.81. The van der Waals surface area contributed by atoms with Gasteiger partial charge in [-0.3, -0.25) is 0 Å². The van der Waals surface area contributed by atoms with E-state index in [0.29, 0.717) is 0 Å². The van der Waals surface area contributed by atoms with Crippen LogP contribution in [0.1, 0.15) is 0 Å². The third kappa shape index (κ3) is 3.12. The molecule has 0 spiro atoms. The topological polar surface area (TPSA) is 26.5 Å². The Morgan fingerprint density at radius 1 is 1.80 bits per heavy atom. The van der Waals surface area contributed by atoms with Crippen LogP contribution in [0.4, 0.5) is 0 Å². The molecule has 0 aliphatic carbocycles. The first-order valence-corrected chi connectivity index (χ1v) is 1.08. The second-order valence-electron chi connectivity index (χ2n) is 0.416. The zero-order chi connectivity index (χ0) is 4.12. The van der Waals surface area contributed by atoms with E-state index in [1.54, 1.807) is 0 Å². The highest BCUT2D eigenvalue weighted by Crippen LogP contribution is 1.31. The van der Waals surface area contributed by atoms with Gasteiger partial charge in [-0.05, 0) is 0 Å². The minimum absolute atomic E-state index is 2.14. The third-order valence-corrected chi connectivity index (χ3v) is 0.141. The van der Waals surface area contributed by atoms with Gasteiger partial charge in [0.25, 0.3) is 0 Å². The Kier molecular flexibility index (Phi) is 2.57. The van der Waals surface area contributed by atoms with Gasteiger partial charge in [0.15, 0.2) is 0 Å². The third-order valence-electron chi connectivity index (χ3n) is 0.141. The van der Waals surface area contributed by atoms with Gasteiger partial charge in [-0.25, -0.2) is 0 Å². The Labute approximate surface area is 30.6 Å². The van der Waals surface area contributed by atoms with Gasteiger partial charge >= 0.3 is 6.34 Å². The Bertz CT molecular complexity index is 69.0. The second kappa shape index (κ2) is 3.12. The molecule has 5 heavy (non-hydrogen) atoms. The molecule has 0 radical (unpaired) electrons. The molecule has 2 heteroatoms. The Balaban J connectivity index is 3.31. The summed E-state index contributed by atoms with van der Waals surface area (Å²) in [5.74, 6) is 0. The van der Waals surface area contributed by atoms with Crippen molar-refractivity contribution in [2.45, 2.75) is 0 Å². The van der Waals surface area contributed by atoms with Gasteiger partial charge in [0.1, 0.15) is 0 Å². The van der Waals surface area contributed by atoms with Gasteiger partial charge in [0, 0.05) is 6.72 Å². The van der Waals surface area contributed by atoms with E-state index in [2.05, 4.69) is 29.4 Å². The van der Waals surface area contributed by atoms with E-state index >= 15 is 0 Å². The van der Waals surface area contributed by atoms with Crippen LogP contribution in [0.15, 0.2) is 4.99 Å². The average molecular weight is 68.1 g/mol. The number of aliphatic imine (C=N–C) groups is 1. The van der Waals surface area contributed by atoms with E-state index in [0.717, 1.165) is 0 Å². The van der Waals surface area contributed by atoms with Crippen molar-refractivity contribution in [3.8, 4) is 0 Å². The minimum Gasteiger partial charge on any atom is -0.343 e. The SMILES string of the molecule is C=N[C-]=[N+]=C. The molecule has 0 heterocycles. The normalized spacial score (nSPS) is 4.80. The molecule has 0 aromatic carbocycles. The number of hydrogen-bond acceptors (Lipinski definition) is 0. The van der Waals surface area contributed by atoms with Crippen LogP contribution < -0.4 is 4.67 Å². The van der Waals surface area contributed by atoms with E-state index in [4.69, 9.17) is 0 Å². The highest BCUT2D eigenvalue weighted by molar-refractivity contribution is 5.62. The van der Waals surface area contributed by atoms with Gasteiger partial charge < -0.3 is 4.67 Å². The summed E-state index contributed by atoms with van der Waals surface area (Å²) in [4.78, 5) is 3.12. The monoisotopic (exact) mass is 68.0 g/mol.